The zero-order chi connectivity index (χ0) is 19.1. The molecule has 1 heterocycles. The third-order valence-electron chi connectivity index (χ3n) is 5.73. The Morgan fingerprint density at radius 1 is 1.14 bits per heavy atom. The van der Waals surface area contributed by atoms with E-state index in [9.17, 15) is 14.0 Å². The van der Waals surface area contributed by atoms with Crippen LogP contribution in [-0.4, -0.2) is 48.9 Å². The van der Waals surface area contributed by atoms with Crippen LogP contribution >= 0.6 is 12.4 Å². The number of nitrogens with one attached hydrogen (secondary N) is 1. The van der Waals surface area contributed by atoms with E-state index in [1.165, 1.54) is 31.4 Å². The predicted molar refractivity (Wildman–Crippen MR) is 112 cm³/mol. The number of carbonyl (C=O) groups is 2. The second-order valence-electron chi connectivity index (χ2n) is 7.65. The largest absolute Gasteiger partial charge is 0.368 e. The van der Waals surface area contributed by atoms with Crippen LogP contribution in [0.2, 0.25) is 0 Å². The number of urea groups is 1. The average Bonchev–Trinajstić information content (AvgIpc) is 2.69. The first-order chi connectivity index (χ1) is 13.2. The molecule has 1 aliphatic carbocycles. The average molecular weight is 412 g/mol. The number of halogens is 2. The van der Waals surface area contributed by atoms with Crippen molar-refractivity contribution in [1.29, 1.82) is 0 Å². The monoisotopic (exact) mass is 411 g/mol. The highest BCUT2D eigenvalue weighted by Crippen LogP contribution is 2.23. The van der Waals surface area contributed by atoms with Gasteiger partial charge in [-0.3, -0.25) is 0 Å². The van der Waals surface area contributed by atoms with E-state index in [-0.39, 0.29) is 36.3 Å². The van der Waals surface area contributed by atoms with Crippen LogP contribution in [-0.2, 0) is 4.79 Å². The molecule has 1 aromatic carbocycles. The molecule has 2 amide bonds. The van der Waals surface area contributed by atoms with Crippen LogP contribution in [0, 0.1) is 5.82 Å². The van der Waals surface area contributed by atoms with Gasteiger partial charge in [0, 0.05) is 37.8 Å². The maximum absolute atomic E-state index is 13.2. The topological polar surface area (TPSA) is 52.7 Å². The number of rotatable bonds is 6. The zero-order valence-electron chi connectivity index (χ0n) is 16.3. The molecule has 5 nitrogen and oxygen atoms in total. The van der Waals surface area contributed by atoms with Crippen LogP contribution in [0.3, 0.4) is 0 Å². The SMILES string of the molecule is Cl.O=CCCCC1CN(c2ccc(F)cc2)CCN1C(=O)NC1CCCCC1. The quantitative estimate of drug-likeness (QED) is 0.565. The summed E-state index contributed by atoms with van der Waals surface area (Å²) in [5.74, 6) is -0.244. The molecule has 0 radical (unpaired) electrons. The third kappa shape index (κ3) is 6.09. The van der Waals surface area contributed by atoms with Crippen molar-refractivity contribution >= 4 is 30.4 Å². The van der Waals surface area contributed by atoms with E-state index in [0.717, 1.165) is 44.2 Å². The van der Waals surface area contributed by atoms with Crippen LogP contribution in [0.15, 0.2) is 24.3 Å². The Balaban J connectivity index is 0.00000280. The minimum atomic E-state index is -0.244. The molecule has 1 aromatic rings. The van der Waals surface area contributed by atoms with E-state index in [1.54, 1.807) is 12.1 Å². The zero-order valence-corrected chi connectivity index (χ0v) is 17.1. The number of piperazine rings is 1. The molecule has 3 rings (SSSR count). The van der Waals surface area contributed by atoms with E-state index in [0.29, 0.717) is 19.5 Å². The number of anilines is 1. The normalized spacial score (nSPS) is 20.4. The van der Waals surface area contributed by atoms with Crippen LogP contribution in [0.4, 0.5) is 14.9 Å². The molecule has 7 heteroatoms. The molecule has 1 aliphatic heterocycles. The van der Waals surface area contributed by atoms with Gasteiger partial charge in [0.1, 0.15) is 12.1 Å². The number of nitrogens with zero attached hydrogens (tertiary/aromatic N) is 2. The lowest BCUT2D eigenvalue weighted by molar-refractivity contribution is -0.108. The summed E-state index contributed by atoms with van der Waals surface area (Å²) in [7, 11) is 0. The molecule has 1 saturated heterocycles. The highest BCUT2D eigenvalue weighted by atomic mass is 35.5. The van der Waals surface area contributed by atoms with Gasteiger partial charge in [-0.15, -0.1) is 12.4 Å². The maximum atomic E-state index is 13.2. The fraction of sp³-hybridized carbons (Fsp3) is 0.619. The van der Waals surface area contributed by atoms with Gasteiger partial charge in [-0.1, -0.05) is 19.3 Å². The summed E-state index contributed by atoms with van der Waals surface area (Å²) in [6.07, 6.45) is 8.80. The fourth-order valence-electron chi connectivity index (χ4n) is 4.20. The van der Waals surface area contributed by atoms with Gasteiger partial charge in [-0.2, -0.15) is 0 Å². The summed E-state index contributed by atoms with van der Waals surface area (Å²) in [6, 6.07) is 6.89. The molecule has 0 bridgehead atoms. The first-order valence-electron chi connectivity index (χ1n) is 10.2. The molecule has 0 spiro atoms. The summed E-state index contributed by atoms with van der Waals surface area (Å²) in [5.41, 5.74) is 0.976. The number of unbranched alkanes of at least 4 members (excludes halogenated alkanes) is 1. The minimum Gasteiger partial charge on any atom is -0.368 e. The van der Waals surface area contributed by atoms with Crippen molar-refractivity contribution in [2.24, 2.45) is 0 Å². The molecular weight excluding hydrogens is 381 g/mol. The van der Waals surface area contributed by atoms with Crippen molar-refractivity contribution in [3.8, 4) is 0 Å². The van der Waals surface area contributed by atoms with Crippen molar-refractivity contribution in [3.05, 3.63) is 30.1 Å². The number of benzene rings is 1. The van der Waals surface area contributed by atoms with E-state index in [1.807, 2.05) is 4.90 Å². The van der Waals surface area contributed by atoms with Crippen molar-refractivity contribution < 1.29 is 14.0 Å². The Labute approximate surface area is 173 Å². The van der Waals surface area contributed by atoms with E-state index in [4.69, 9.17) is 0 Å². The predicted octanol–water partition coefficient (Wildman–Crippen LogP) is 4.15. The molecule has 0 aromatic heterocycles. The molecule has 2 fully saturated rings. The summed E-state index contributed by atoms with van der Waals surface area (Å²) >= 11 is 0. The molecular formula is C21H31ClFN3O2. The summed E-state index contributed by atoms with van der Waals surface area (Å²) < 4.78 is 13.2. The lowest BCUT2D eigenvalue weighted by atomic mass is 9.95. The van der Waals surface area contributed by atoms with Gasteiger partial charge in [0.25, 0.3) is 0 Å². The first-order valence-corrected chi connectivity index (χ1v) is 10.2. The highest BCUT2D eigenvalue weighted by Gasteiger charge is 2.31. The summed E-state index contributed by atoms with van der Waals surface area (Å²) in [5, 5.41) is 3.22. The van der Waals surface area contributed by atoms with E-state index >= 15 is 0 Å². The Morgan fingerprint density at radius 2 is 1.86 bits per heavy atom. The van der Waals surface area contributed by atoms with Gasteiger partial charge in [-0.25, -0.2) is 9.18 Å². The van der Waals surface area contributed by atoms with Gasteiger partial charge < -0.3 is 19.9 Å². The summed E-state index contributed by atoms with van der Waals surface area (Å²) in [6.45, 7) is 2.08. The van der Waals surface area contributed by atoms with Gasteiger partial charge in [-0.05, 0) is 49.9 Å². The van der Waals surface area contributed by atoms with Crippen molar-refractivity contribution in [3.63, 3.8) is 0 Å². The van der Waals surface area contributed by atoms with Gasteiger partial charge in [0.05, 0.1) is 6.04 Å². The standard InChI is InChI=1S/C21H30FN3O2.ClH/c22-17-9-11-19(12-10-17)24-13-14-25(20(16-24)8-4-5-15-26)21(27)23-18-6-2-1-3-7-18;/h9-12,15,18,20H,1-8,13-14,16H2,(H,23,27);1H. The van der Waals surface area contributed by atoms with Gasteiger partial charge in [0.15, 0.2) is 0 Å². The number of carbonyl (C=O) groups excluding carboxylic acids is 2. The van der Waals surface area contributed by atoms with Crippen LogP contribution in [0.25, 0.3) is 0 Å². The number of aldehydes is 1. The maximum Gasteiger partial charge on any atom is 0.317 e. The minimum absolute atomic E-state index is 0. The Morgan fingerprint density at radius 3 is 2.54 bits per heavy atom. The number of amides is 2. The van der Waals surface area contributed by atoms with Crippen LogP contribution in [0.5, 0.6) is 0 Å². The second kappa shape index (κ2) is 11.2. The Hall–Kier alpha value is -1.82. The van der Waals surface area contributed by atoms with E-state index in [2.05, 4.69) is 10.2 Å². The highest BCUT2D eigenvalue weighted by molar-refractivity contribution is 5.85. The first kappa shape index (κ1) is 22.5. The van der Waals surface area contributed by atoms with Crippen LogP contribution < -0.4 is 10.2 Å². The van der Waals surface area contributed by atoms with Gasteiger partial charge in [0.2, 0.25) is 0 Å². The van der Waals surface area contributed by atoms with Crippen molar-refractivity contribution in [1.82, 2.24) is 10.2 Å². The van der Waals surface area contributed by atoms with Gasteiger partial charge >= 0.3 is 6.03 Å². The molecule has 1 saturated carbocycles. The number of hydrogen-bond acceptors (Lipinski definition) is 3. The molecule has 1 N–H and O–H groups in total. The number of hydrogen-bond donors (Lipinski definition) is 1. The Kier molecular flexibility index (Phi) is 9.03. The van der Waals surface area contributed by atoms with E-state index < -0.39 is 0 Å². The smallest absolute Gasteiger partial charge is 0.317 e. The Bertz CT molecular complexity index is 623. The second-order valence-corrected chi connectivity index (χ2v) is 7.65. The molecule has 2 aliphatic rings. The molecule has 1 atom stereocenters. The van der Waals surface area contributed by atoms with Crippen LogP contribution in [0.1, 0.15) is 51.4 Å². The lowest BCUT2D eigenvalue weighted by Gasteiger charge is -2.43. The molecule has 1 unspecified atom stereocenters. The third-order valence-corrected chi connectivity index (χ3v) is 5.73. The lowest BCUT2D eigenvalue weighted by Crippen LogP contribution is -2.59. The fourth-order valence-corrected chi connectivity index (χ4v) is 4.20. The van der Waals surface area contributed by atoms with Crippen molar-refractivity contribution in [2.45, 2.75) is 63.5 Å². The van der Waals surface area contributed by atoms with Crippen molar-refractivity contribution in [2.75, 3.05) is 24.5 Å². The molecule has 28 heavy (non-hydrogen) atoms. The summed E-state index contributed by atoms with van der Waals surface area (Å²) in [4.78, 5) is 27.7. The molecule has 156 valence electrons.